The highest BCUT2D eigenvalue weighted by Crippen LogP contribution is 2.33. The van der Waals surface area contributed by atoms with Crippen LogP contribution in [0.2, 0.25) is 0 Å². The van der Waals surface area contributed by atoms with Crippen molar-refractivity contribution >= 4 is 23.5 Å². The van der Waals surface area contributed by atoms with E-state index in [2.05, 4.69) is 23.4 Å². The topological polar surface area (TPSA) is 118 Å². The van der Waals surface area contributed by atoms with Gasteiger partial charge in [-0.3, -0.25) is 4.79 Å². The first kappa shape index (κ1) is 30.7. The average Bonchev–Trinajstić information content (AvgIpc) is 3.26. The number of hydrogen-bond donors (Lipinski definition) is 2. The summed E-state index contributed by atoms with van der Waals surface area (Å²) in [6.07, 6.45) is 5.97. The van der Waals surface area contributed by atoms with E-state index in [1.165, 1.54) is 0 Å². The highest BCUT2D eigenvalue weighted by atomic mass is 16.6. The molecule has 2 amide bonds. The zero-order valence-corrected chi connectivity index (χ0v) is 25.1. The Hall–Kier alpha value is -3.82. The first-order chi connectivity index (χ1) is 18.8. The molecule has 4 heterocycles. The van der Waals surface area contributed by atoms with E-state index in [0.717, 1.165) is 41.9 Å². The van der Waals surface area contributed by atoms with Crippen molar-refractivity contribution in [1.82, 2.24) is 24.8 Å². The molecule has 0 aliphatic carbocycles. The highest BCUT2D eigenvalue weighted by Gasteiger charge is 2.34. The Balaban J connectivity index is 0.00000216. The van der Waals surface area contributed by atoms with Crippen molar-refractivity contribution in [3.8, 4) is 0 Å². The maximum absolute atomic E-state index is 13.5. The van der Waals surface area contributed by atoms with E-state index in [-0.39, 0.29) is 23.7 Å². The van der Waals surface area contributed by atoms with Gasteiger partial charge in [0.2, 0.25) is 0 Å². The summed E-state index contributed by atoms with van der Waals surface area (Å²) in [7, 11) is 0. The molecule has 10 heteroatoms. The van der Waals surface area contributed by atoms with Crippen molar-refractivity contribution in [3.05, 3.63) is 59.6 Å². The molecule has 10 nitrogen and oxygen atoms in total. The Morgan fingerprint density at radius 2 is 1.88 bits per heavy atom. The molecule has 0 spiro atoms. The van der Waals surface area contributed by atoms with Gasteiger partial charge in [-0.2, -0.15) is 5.10 Å². The van der Waals surface area contributed by atoms with Crippen molar-refractivity contribution < 1.29 is 14.3 Å². The van der Waals surface area contributed by atoms with Crippen LogP contribution < -0.4 is 16.0 Å². The fraction of sp³-hybridized carbons (Fsp3) is 0.533. The first-order valence-electron chi connectivity index (χ1n) is 14.1. The Morgan fingerprint density at radius 3 is 2.48 bits per heavy atom. The monoisotopic (exact) mass is 551 g/mol. The highest BCUT2D eigenvalue weighted by molar-refractivity contribution is 5.98. The number of nitrogens with two attached hydrogens (primary N) is 1. The number of amides is 2. The van der Waals surface area contributed by atoms with Crippen molar-refractivity contribution in [2.75, 3.05) is 24.5 Å². The molecule has 2 aliphatic heterocycles. The molecule has 40 heavy (non-hydrogen) atoms. The predicted octanol–water partition coefficient (Wildman–Crippen LogP) is 4.81. The SMILES string of the molecule is C=C(C)/C=C(\C(=C)N)C(=O)N1CCCCC1c1cc2nc(N3CC(NC(=O)OC(C)(C)C)C3)c(C)cn2n1.CC. The van der Waals surface area contributed by atoms with E-state index in [1.54, 1.807) is 10.6 Å². The molecule has 218 valence electrons. The summed E-state index contributed by atoms with van der Waals surface area (Å²) in [4.78, 5) is 34.4. The summed E-state index contributed by atoms with van der Waals surface area (Å²) in [6, 6.07) is 1.78. The van der Waals surface area contributed by atoms with Crippen LogP contribution in [0.25, 0.3) is 5.65 Å². The van der Waals surface area contributed by atoms with Crippen molar-refractivity contribution in [2.45, 2.75) is 85.4 Å². The van der Waals surface area contributed by atoms with Gasteiger partial charge in [0.15, 0.2) is 5.65 Å². The summed E-state index contributed by atoms with van der Waals surface area (Å²) < 4.78 is 7.13. The number of carbonyl (C=O) groups is 2. The molecule has 1 atom stereocenters. The minimum atomic E-state index is -0.532. The summed E-state index contributed by atoms with van der Waals surface area (Å²) in [5.41, 5.74) is 9.26. The summed E-state index contributed by atoms with van der Waals surface area (Å²) in [6.45, 7) is 23.0. The van der Waals surface area contributed by atoms with Crippen molar-refractivity contribution in [1.29, 1.82) is 0 Å². The van der Waals surface area contributed by atoms with Crippen molar-refractivity contribution in [3.63, 3.8) is 0 Å². The third-order valence-electron chi connectivity index (χ3n) is 6.60. The van der Waals surface area contributed by atoms with Gasteiger partial charge in [0.1, 0.15) is 11.4 Å². The van der Waals surface area contributed by atoms with Gasteiger partial charge >= 0.3 is 6.09 Å². The van der Waals surface area contributed by atoms with Gasteiger partial charge in [0.25, 0.3) is 5.91 Å². The van der Waals surface area contributed by atoms with E-state index < -0.39 is 11.7 Å². The van der Waals surface area contributed by atoms with Gasteiger partial charge in [-0.1, -0.05) is 32.6 Å². The number of aromatic nitrogens is 3. The van der Waals surface area contributed by atoms with Crippen LogP contribution >= 0.6 is 0 Å². The lowest BCUT2D eigenvalue weighted by atomic mass is 9.97. The molecule has 0 saturated carbocycles. The quantitative estimate of drug-likeness (QED) is 0.391. The first-order valence-corrected chi connectivity index (χ1v) is 14.1. The lowest BCUT2D eigenvalue weighted by Gasteiger charge is -2.41. The van der Waals surface area contributed by atoms with Gasteiger partial charge in [0.05, 0.1) is 23.4 Å². The lowest BCUT2D eigenvalue weighted by Crippen LogP contribution is -2.60. The van der Waals surface area contributed by atoms with Gasteiger partial charge in [0, 0.05) is 43.2 Å². The minimum Gasteiger partial charge on any atom is -0.444 e. The smallest absolute Gasteiger partial charge is 0.407 e. The van der Waals surface area contributed by atoms with Crippen LogP contribution in [-0.4, -0.2) is 62.8 Å². The number of piperidine rings is 1. The lowest BCUT2D eigenvalue weighted by molar-refractivity contribution is -0.130. The number of likely N-dealkylation sites (tertiary alicyclic amines) is 1. The standard InChI is InChI=1S/C28H39N7O3.C2H6/c1-17(2)12-21(19(4)29)26(36)34-11-9-8-10-23(34)22-13-24-31-25(18(3)14-35(24)32-22)33-15-20(16-33)30-27(37)38-28(5,6)7;1-2/h12-14,20,23H,1,4,8-11,15-16,29H2,2-3,5-7H3,(H,30,37);1-2H3/b21-12+;. The Labute approximate surface area is 237 Å². The van der Waals surface area contributed by atoms with Crippen LogP contribution in [0.5, 0.6) is 0 Å². The van der Waals surface area contributed by atoms with Gasteiger partial charge in [-0.05, 0) is 60.0 Å². The van der Waals surface area contributed by atoms with Crippen LogP contribution in [0, 0.1) is 6.92 Å². The van der Waals surface area contributed by atoms with Crippen LogP contribution in [0.15, 0.2) is 48.3 Å². The molecule has 1 unspecified atom stereocenters. The molecule has 2 aromatic rings. The summed E-state index contributed by atoms with van der Waals surface area (Å²) >= 11 is 0. The Bertz CT molecular complexity index is 1300. The molecule has 2 fully saturated rings. The molecule has 0 bridgehead atoms. The molecule has 2 saturated heterocycles. The molecule has 4 rings (SSSR count). The summed E-state index contributed by atoms with van der Waals surface area (Å²) in [5.74, 6) is 0.699. The number of rotatable bonds is 6. The maximum atomic E-state index is 13.5. The van der Waals surface area contributed by atoms with E-state index in [0.29, 0.717) is 30.9 Å². The number of fused-ring (bicyclic) bond motifs is 1. The molecule has 3 N–H and O–H groups in total. The van der Waals surface area contributed by atoms with Crippen molar-refractivity contribution in [2.24, 2.45) is 5.73 Å². The Morgan fingerprint density at radius 1 is 1.20 bits per heavy atom. The maximum Gasteiger partial charge on any atom is 0.407 e. The fourth-order valence-electron chi connectivity index (χ4n) is 4.89. The van der Waals surface area contributed by atoms with Gasteiger partial charge in [-0.15, -0.1) is 0 Å². The zero-order chi connectivity index (χ0) is 29.8. The second kappa shape index (κ2) is 12.6. The largest absolute Gasteiger partial charge is 0.444 e. The molecule has 2 aliphatic rings. The number of carbonyl (C=O) groups excluding carboxylic acids is 2. The Kier molecular flexibility index (Phi) is 9.65. The molecule has 2 aromatic heterocycles. The van der Waals surface area contributed by atoms with Crippen LogP contribution in [0.4, 0.5) is 10.6 Å². The van der Waals surface area contributed by atoms with Gasteiger partial charge in [-0.25, -0.2) is 14.3 Å². The number of nitrogens with zero attached hydrogens (tertiary/aromatic N) is 5. The van der Waals surface area contributed by atoms with Gasteiger partial charge < -0.3 is 25.6 Å². The van der Waals surface area contributed by atoms with E-state index in [1.807, 2.05) is 65.6 Å². The van der Waals surface area contributed by atoms with Crippen LogP contribution in [-0.2, 0) is 9.53 Å². The minimum absolute atomic E-state index is 0.00306. The van der Waals surface area contributed by atoms with E-state index in [4.69, 9.17) is 20.6 Å². The zero-order valence-electron chi connectivity index (χ0n) is 25.1. The molecule has 0 aromatic carbocycles. The molecular formula is C30H45N7O3. The molecular weight excluding hydrogens is 506 g/mol. The third-order valence-corrected chi connectivity index (χ3v) is 6.60. The van der Waals surface area contributed by atoms with E-state index in [9.17, 15) is 9.59 Å². The normalized spacial score (nSPS) is 18.0. The second-order valence-corrected chi connectivity index (χ2v) is 11.3. The number of nitrogens with one attached hydrogen (secondary N) is 1. The number of allylic oxidation sites excluding steroid dienone is 2. The third kappa shape index (κ3) is 7.22. The van der Waals surface area contributed by atoms with E-state index >= 15 is 0 Å². The molecule has 0 radical (unpaired) electrons. The number of alkyl carbamates (subject to hydrolysis) is 1. The predicted molar refractivity (Wildman–Crippen MR) is 159 cm³/mol. The average molecular weight is 552 g/mol. The number of ether oxygens (including phenoxy) is 1. The number of aryl methyl sites for hydroxylation is 1. The number of hydrogen-bond acceptors (Lipinski definition) is 7. The van der Waals surface area contributed by atoms with Crippen LogP contribution in [0.1, 0.15) is 78.1 Å². The number of anilines is 1. The summed E-state index contributed by atoms with van der Waals surface area (Å²) in [5, 5.41) is 7.71. The van der Waals surface area contributed by atoms with Crippen LogP contribution in [0.3, 0.4) is 0 Å². The second-order valence-electron chi connectivity index (χ2n) is 11.3. The fourth-order valence-corrected chi connectivity index (χ4v) is 4.89.